The van der Waals surface area contributed by atoms with Crippen LogP contribution in [0.3, 0.4) is 0 Å². The number of rotatable bonds is 30. The Labute approximate surface area is 307 Å². The quantitative estimate of drug-likeness (QED) is 0.0428. The summed E-state index contributed by atoms with van der Waals surface area (Å²) in [6, 6.07) is 0. The Kier molecular flexibility index (Phi) is 21.4. The number of hydrogen-bond donors (Lipinski definition) is 0. The smallest absolute Gasteiger partial charge is 0.253 e. The highest BCUT2D eigenvalue weighted by Crippen LogP contribution is 2.43. The van der Waals surface area contributed by atoms with Gasteiger partial charge in [0.05, 0.1) is 0 Å². The molecule has 0 saturated carbocycles. The minimum atomic E-state index is -0.150. The second kappa shape index (κ2) is 25.5. The summed E-state index contributed by atoms with van der Waals surface area (Å²) in [6.45, 7) is 9.99. The summed E-state index contributed by atoms with van der Waals surface area (Å²) in [5.74, 6) is 1.50. The van der Waals surface area contributed by atoms with Crippen molar-refractivity contribution in [3.8, 4) is 0 Å². The second-order valence-electron chi connectivity index (χ2n) is 15.8. The lowest BCUT2D eigenvalue weighted by molar-refractivity contribution is -0.136. The Bertz CT molecular complexity index is 995. The van der Waals surface area contributed by atoms with E-state index in [2.05, 4.69) is 20.4 Å². The van der Waals surface area contributed by atoms with Crippen LogP contribution in [0.2, 0.25) is 0 Å². The minimum absolute atomic E-state index is 0.0921. The zero-order chi connectivity index (χ0) is 35.8. The van der Waals surface area contributed by atoms with E-state index in [-0.39, 0.29) is 17.7 Å². The number of hydrogen-bond acceptors (Lipinski definition) is 3. The fourth-order valence-electron chi connectivity index (χ4n) is 8.53. The van der Waals surface area contributed by atoms with Gasteiger partial charge in [-0.05, 0) is 82.1 Å². The topological polar surface area (TPSA) is 57.7 Å². The average molecular weight is 691 g/mol. The lowest BCUT2D eigenvalue weighted by Crippen LogP contribution is -2.30. The van der Waals surface area contributed by atoms with Crippen LogP contribution < -0.4 is 0 Å². The maximum atomic E-state index is 11.9. The second-order valence-corrected chi connectivity index (χ2v) is 15.8. The van der Waals surface area contributed by atoms with Crippen LogP contribution in [0.15, 0.2) is 47.7 Å². The maximum Gasteiger partial charge on any atom is 0.253 e. The van der Waals surface area contributed by atoms with Gasteiger partial charge in [-0.3, -0.25) is 19.3 Å². The molecule has 3 amide bonds. The van der Waals surface area contributed by atoms with Crippen LogP contribution in [0.5, 0.6) is 0 Å². The van der Waals surface area contributed by atoms with Crippen molar-refractivity contribution in [3.05, 3.63) is 47.7 Å². The van der Waals surface area contributed by atoms with Crippen molar-refractivity contribution in [2.45, 2.75) is 194 Å². The molecule has 50 heavy (non-hydrogen) atoms. The van der Waals surface area contributed by atoms with Crippen molar-refractivity contribution in [1.29, 1.82) is 0 Å². The molecule has 0 radical (unpaired) electrons. The van der Waals surface area contributed by atoms with E-state index in [1.807, 2.05) is 22.1 Å². The summed E-state index contributed by atoms with van der Waals surface area (Å²) in [4.78, 5) is 38.7. The van der Waals surface area contributed by atoms with Crippen molar-refractivity contribution in [2.75, 3.05) is 13.1 Å². The molecule has 2 aliphatic heterocycles. The zero-order valence-electron chi connectivity index (χ0n) is 32.5. The van der Waals surface area contributed by atoms with Crippen LogP contribution in [0.4, 0.5) is 0 Å². The van der Waals surface area contributed by atoms with E-state index < -0.39 is 0 Å². The normalized spacial score (nSPS) is 19.3. The van der Waals surface area contributed by atoms with Crippen molar-refractivity contribution < 1.29 is 14.4 Å². The average Bonchev–Trinajstić information content (AvgIpc) is 3.61. The number of nitrogens with zero attached hydrogens (tertiary/aromatic N) is 2. The summed E-state index contributed by atoms with van der Waals surface area (Å²) in [6.07, 6.45) is 42.9. The van der Waals surface area contributed by atoms with Crippen LogP contribution in [0.25, 0.3) is 0 Å². The lowest BCUT2D eigenvalue weighted by Gasteiger charge is -2.36. The first-order valence-corrected chi connectivity index (χ1v) is 21.4. The number of imide groups is 1. The summed E-state index contributed by atoms with van der Waals surface area (Å²) in [5.41, 5.74) is 4.58. The Morgan fingerprint density at radius 3 is 1.28 bits per heavy atom. The number of carbonyl (C=O) groups is 3. The molecule has 0 aromatic rings. The molecule has 2 heterocycles. The van der Waals surface area contributed by atoms with Gasteiger partial charge < -0.3 is 4.90 Å². The Morgan fingerprint density at radius 1 is 0.480 bits per heavy atom. The van der Waals surface area contributed by atoms with Crippen LogP contribution in [-0.4, -0.2) is 40.6 Å². The molecule has 1 aliphatic carbocycles. The highest BCUT2D eigenvalue weighted by molar-refractivity contribution is 6.12. The van der Waals surface area contributed by atoms with E-state index in [0.29, 0.717) is 6.54 Å². The Balaban J connectivity index is 1.45. The highest BCUT2D eigenvalue weighted by Gasteiger charge is 2.29. The molecule has 2 atom stereocenters. The molecule has 0 N–H and O–H groups in total. The fraction of sp³-hybridized carbons (Fsp3) is 0.756. The van der Waals surface area contributed by atoms with Crippen LogP contribution in [-0.2, 0) is 14.4 Å². The molecular weight excluding hydrogens is 617 g/mol. The molecule has 0 aromatic carbocycles. The van der Waals surface area contributed by atoms with Gasteiger partial charge in [0.25, 0.3) is 17.7 Å². The van der Waals surface area contributed by atoms with Gasteiger partial charge in [-0.15, -0.1) is 0 Å². The molecular formula is C45H74N2O3. The zero-order valence-corrected chi connectivity index (χ0v) is 32.5. The van der Waals surface area contributed by atoms with E-state index in [9.17, 15) is 14.4 Å². The molecule has 2 unspecified atom stereocenters. The molecule has 0 spiro atoms. The van der Waals surface area contributed by atoms with E-state index in [4.69, 9.17) is 0 Å². The van der Waals surface area contributed by atoms with Crippen molar-refractivity contribution in [1.82, 2.24) is 9.80 Å². The molecule has 0 fully saturated rings. The maximum absolute atomic E-state index is 11.9. The standard InChI is InChI=1S/C45H74N2O3/c1-4-6-8-14-20-26-39-36-41(28-22-16-10-12-18-24-34-46-38(3)30-31-43(46)48)42(37-40(39)27-21-15-9-7-5-2)29-23-17-11-13-19-25-35-47-44(49)32-33-45(47)50/h30-33,41-42H,3-29,34-37H2,1-2H3. The first-order valence-electron chi connectivity index (χ1n) is 21.4. The molecule has 0 bridgehead atoms. The van der Waals surface area contributed by atoms with Gasteiger partial charge in [0, 0.05) is 37.0 Å². The first kappa shape index (κ1) is 42.0. The first-order chi connectivity index (χ1) is 24.4. The largest absolute Gasteiger partial charge is 0.309 e. The SMILES string of the molecule is C=C1C=CC(=O)N1CCCCCCCCC1CC(CCCCCCC)=C(CCCCCCC)CC1CCCCCCCCN1C(=O)C=CC1=O. The third-order valence-electron chi connectivity index (χ3n) is 11.7. The third-order valence-corrected chi connectivity index (χ3v) is 11.7. The molecule has 5 nitrogen and oxygen atoms in total. The molecule has 5 heteroatoms. The van der Waals surface area contributed by atoms with E-state index in [0.717, 1.165) is 43.3 Å². The van der Waals surface area contributed by atoms with Gasteiger partial charge in [0.2, 0.25) is 0 Å². The summed E-state index contributed by atoms with van der Waals surface area (Å²) in [5, 5.41) is 0. The van der Waals surface area contributed by atoms with Crippen molar-refractivity contribution in [2.24, 2.45) is 11.8 Å². The fourth-order valence-corrected chi connectivity index (χ4v) is 8.53. The van der Waals surface area contributed by atoms with E-state index >= 15 is 0 Å². The Morgan fingerprint density at radius 2 is 0.840 bits per heavy atom. The summed E-state index contributed by atoms with van der Waals surface area (Å²) < 4.78 is 0. The molecule has 0 aromatic heterocycles. The predicted molar refractivity (Wildman–Crippen MR) is 210 cm³/mol. The number of allylic oxidation sites excluding steroid dienone is 3. The minimum Gasteiger partial charge on any atom is -0.309 e. The van der Waals surface area contributed by atoms with Gasteiger partial charge in [-0.2, -0.15) is 0 Å². The predicted octanol–water partition coefficient (Wildman–Crippen LogP) is 12.3. The van der Waals surface area contributed by atoms with Gasteiger partial charge in [-0.25, -0.2) is 0 Å². The number of unbranched alkanes of at least 4 members (excludes halogenated alkanes) is 18. The van der Waals surface area contributed by atoms with Crippen molar-refractivity contribution in [3.63, 3.8) is 0 Å². The number of amides is 3. The molecule has 3 aliphatic rings. The van der Waals surface area contributed by atoms with Crippen LogP contribution in [0, 0.1) is 11.8 Å². The summed E-state index contributed by atoms with van der Waals surface area (Å²) in [7, 11) is 0. The highest BCUT2D eigenvalue weighted by atomic mass is 16.2. The van der Waals surface area contributed by atoms with E-state index in [1.165, 1.54) is 178 Å². The molecule has 3 rings (SSSR count). The van der Waals surface area contributed by atoms with Crippen LogP contribution >= 0.6 is 0 Å². The molecule has 282 valence electrons. The van der Waals surface area contributed by atoms with Gasteiger partial charge in [0.1, 0.15) is 0 Å². The lowest BCUT2D eigenvalue weighted by atomic mass is 9.70. The van der Waals surface area contributed by atoms with Gasteiger partial charge in [-0.1, -0.05) is 147 Å². The van der Waals surface area contributed by atoms with Crippen LogP contribution in [0.1, 0.15) is 194 Å². The molecule has 0 saturated heterocycles. The summed E-state index contributed by atoms with van der Waals surface area (Å²) >= 11 is 0. The van der Waals surface area contributed by atoms with Gasteiger partial charge >= 0.3 is 0 Å². The third kappa shape index (κ3) is 15.9. The number of carbonyl (C=O) groups excluding carboxylic acids is 3. The van der Waals surface area contributed by atoms with E-state index in [1.54, 1.807) is 6.08 Å². The monoisotopic (exact) mass is 691 g/mol. The van der Waals surface area contributed by atoms with Crippen molar-refractivity contribution >= 4 is 17.7 Å². The van der Waals surface area contributed by atoms with Gasteiger partial charge in [0.15, 0.2) is 0 Å². The Hall–Kier alpha value is -2.43.